The highest BCUT2D eigenvalue weighted by molar-refractivity contribution is 14.1. The molecule has 0 aromatic carbocycles. The molecule has 5 heteroatoms. The molecule has 0 bridgehead atoms. The van der Waals surface area contributed by atoms with E-state index in [9.17, 15) is 4.79 Å². The molecule has 0 aliphatic carbocycles. The molecule has 64 valence electrons. The SMILES string of the molecule is CCCOC(=O)/C(I)=C(/Br)I. The molecule has 0 spiro atoms. The van der Waals surface area contributed by atoms with E-state index in [0.29, 0.717) is 10.2 Å². The van der Waals surface area contributed by atoms with Gasteiger partial charge in [-0.05, 0) is 67.5 Å². The van der Waals surface area contributed by atoms with Crippen LogP contribution in [0.3, 0.4) is 0 Å². The number of halogens is 3. The van der Waals surface area contributed by atoms with Crippen molar-refractivity contribution < 1.29 is 9.53 Å². The van der Waals surface area contributed by atoms with Gasteiger partial charge in [0.1, 0.15) is 3.58 Å². The summed E-state index contributed by atoms with van der Waals surface area (Å²) in [6.45, 7) is 2.45. The second-order valence-electron chi connectivity index (χ2n) is 1.71. The summed E-state index contributed by atoms with van der Waals surface area (Å²) in [7, 11) is 0. The molecule has 0 unspecified atom stereocenters. The van der Waals surface area contributed by atoms with E-state index in [2.05, 4.69) is 15.9 Å². The summed E-state index contributed by atoms with van der Waals surface area (Å²) in [4.78, 5) is 11.0. The Balaban J connectivity index is 3.95. The van der Waals surface area contributed by atoms with Crippen LogP contribution in [0, 0.1) is 0 Å². The molecule has 0 aliphatic heterocycles. The first kappa shape index (κ1) is 12.2. The Hall–Kier alpha value is 1.15. The fourth-order valence-electron chi connectivity index (χ4n) is 0.335. The Bertz CT molecular complexity index is 175. The molecule has 0 aliphatic rings. The van der Waals surface area contributed by atoms with Crippen molar-refractivity contribution in [3.05, 3.63) is 6.07 Å². The minimum absolute atomic E-state index is 0.256. The van der Waals surface area contributed by atoms with Crippen LogP contribution in [-0.2, 0) is 9.53 Å². The summed E-state index contributed by atoms with van der Waals surface area (Å²) in [5.74, 6) is -0.256. The second kappa shape index (κ2) is 6.64. The third kappa shape index (κ3) is 5.40. The number of carbonyl (C=O) groups excluding carboxylic acids is 1. The van der Waals surface area contributed by atoms with Crippen LogP contribution in [0.25, 0.3) is 0 Å². The van der Waals surface area contributed by atoms with Crippen molar-refractivity contribution in [1.82, 2.24) is 0 Å². The quantitative estimate of drug-likeness (QED) is 0.379. The van der Waals surface area contributed by atoms with Gasteiger partial charge in [0.2, 0.25) is 0 Å². The summed E-state index contributed by atoms with van der Waals surface area (Å²) in [6, 6.07) is 0. The third-order valence-electron chi connectivity index (χ3n) is 0.782. The predicted molar refractivity (Wildman–Crippen MR) is 65.2 cm³/mol. The van der Waals surface area contributed by atoms with Gasteiger partial charge in [-0.1, -0.05) is 6.92 Å². The standard InChI is InChI=1S/C6H7BrI2O2/c1-2-3-11-6(10)4(8)5(7)9/h2-3H2,1H3/b5-4+. The number of ether oxygens (including phenoxy) is 1. The lowest BCUT2D eigenvalue weighted by molar-refractivity contribution is -0.137. The lowest BCUT2D eigenvalue weighted by Crippen LogP contribution is -2.04. The average molecular weight is 445 g/mol. The molecule has 0 rings (SSSR count). The molecule has 0 amide bonds. The lowest BCUT2D eigenvalue weighted by atomic mass is 10.5. The summed E-state index contributed by atoms with van der Waals surface area (Å²) in [5, 5.41) is 0. The summed E-state index contributed by atoms with van der Waals surface area (Å²) in [6.07, 6.45) is 0.856. The Morgan fingerprint density at radius 3 is 2.45 bits per heavy atom. The number of hydrogen-bond acceptors (Lipinski definition) is 2. The Morgan fingerprint density at radius 1 is 1.55 bits per heavy atom. The highest BCUT2D eigenvalue weighted by Gasteiger charge is 2.09. The largest absolute Gasteiger partial charge is 0.462 e. The molecule has 0 N–H and O–H groups in total. The van der Waals surface area contributed by atoms with Crippen LogP contribution >= 0.6 is 61.1 Å². The lowest BCUT2D eigenvalue weighted by Gasteiger charge is -2.00. The molecule has 0 saturated heterocycles. The van der Waals surface area contributed by atoms with E-state index in [-0.39, 0.29) is 5.97 Å². The minimum Gasteiger partial charge on any atom is -0.462 e. The molecule has 0 atom stereocenters. The van der Waals surface area contributed by atoms with E-state index >= 15 is 0 Å². The minimum atomic E-state index is -0.256. The number of carbonyl (C=O) groups is 1. The zero-order valence-corrected chi connectivity index (χ0v) is 11.8. The first-order valence-corrected chi connectivity index (χ1v) is 5.92. The normalized spacial score (nSPS) is 12.4. The number of hydrogen-bond donors (Lipinski definition) is 0. The van der Waals surface area contributed by atoms with E-state index in [1.54, 1.807) is 0 Å². The first-order chi connectivity index (χ1) is 5.09. The van der Waals surface area contributed by atoms with E-state index in [0.717, 1.165) is 8.91 Å². The number of esters is 1. The van der Waals surface area contributed by atoms with Crippen molar-refractivity contribution in [2.75, 3.05) is 6.61 Å². The molecule has 0 aromatic rings. The van der Waals surface area contributed by atoms with Crippen molar-refractivity contribution >= 4 is 67.1 Å². The maximum absolute atomic E-state index is 11.0. The van der Waals surface area contributed by atoms with Crippen LogP contribution in [0.4, 0.5) is 0 Å². The Labute approximate surface area is 102 Å². The zero-order chi connectivity index (χ0) is 8.85. The van der Waals surface area contributed by atoms with E-state index in [1.807, 2.05) is 52.1 Å². The average Bonchev–Trinajstić information content (AvgIpc) is 1.98. The van der Waals surface area contributed by atoms with Gasteiger partial charge in [0.05, 0.1) is 9.10 Å². The molecule has 0 heterocycles. The first-order valence-electron chi connectivity index (χ1n) is 2.97. The van der Waals surface area contributed by atoms with Gasteiger partial charge < -0.3 is 4.74 Å². The van der Waals surface area contributed by atoms with Crippen molar-refractivity contribution in [3.8, 4) is 0 Å². The monoisotopic (exact) mass is 444 g/mol. The summed E-state index contributed by atoms with van der Waals surface area (Å²) >= 11 is 7.16. The van der Waals surface area contributed by atoms with Crippen molar-refractivity contribution in [2.24, 2.45) is 0 Å². The highest BCUT2D eigenvalue weighted by atomic mass is 127. The molecular weight excluding hydrogens is 438 g/mol. The van der Waals surface area contributed by atoms with Crippen LogP contribution in [0.15, 0.2) is 6.07 Å². The van der Waals surface area contributed by atoms with Crippen LogP contribution in [0.1, 0.15) is 13.3 Å². The Morgan fingerprint density at radius 2 is 2.09 bits per heavy atom. The molecule has 0 saturated carbocycles. The van der Waals surface area contributed by atoms with Crippen molar-refractivity contribution in [1.29, 1.82) is 0 Å². The van der Waals surface area contributed by atoms with E-state index in [4.69, 9.17) is 4.74 Å². The van der Waals surface area contributed by atoms with Crippen molar-refractivity contribution in [2.45, 2.75) is 13.3 Å². The van der Waals surface area contributed by atoms with Gasteiger partial charge in [-0.15, -0.1) is 0 Å². The van der Waals surface area contributed by atoms with Crippen LogP contribution < -0.4 is 0 Å². The van der Waals surface area contributed by atoms with Gasteiger partial charge in [0.25, 0.3) is 0 Å². The second-order valence-corrected chi connectivity index (χ2v) is 6.14. The van der Waals surface area contributed by atoms with Gasteiger partial charge in [0, 0.05) is 0 Å². The van der Waals surface area contributed by atoms with Gasteiger partial charge in [-0.25, -0.2) is 4.79 Å². The van der Waals surface area contributed by atoms with Crippen LogP contribution in [0.2, 0.25) is 0 Å². The Kier molecular flexibility index (Phi) is 7.34. The van der Waals surface area contributed by atoms with Crippen LogP contribution in [0.5, 0.6) is 0 Å². The van der Waals surface area contributed by atoms with Gasteiger partial charge in [0.15, 0.2) is 0 Å². The van der Waals surface area contributed by atoms with Gasteiger partial charge in [-0.2, -0.15) is 0 Å². The summed E-state index contributed by atoms with van der Waals surface area (Å²) in [5.41, 5.74) is 0. The maximum atomic E-state index is 11.0. The van der Waals surface area contributed by atoms with Crippen molar-refractivity contribution in [3.63, 3.8) is 0 Å². The highest BCUT2D eigenvalue weighted by Crippen LogP contribution is 2.25. The maximum Gasteiger partial charge on any atom is 0.345 e. The topological polar surface area (TPSA) is 26.3 Å². The predicted octanol–water partition coefficient (Wildman–Crippen LogP) is 3.37. The molecule has 0 radical (unpaired) electrons. The van der Waals surface area contributed by atoms with Crippen LogP contribution in [-0.4, -0.2) is 12.6 Å². The van der Waals surface area contributed by atoms with E-state index in [1.165, 1.54) is 0 Å². The van der Waals surface area contributed by atoms with Gasteiger partial charge >= 0.3 is 5.97 Å². The van der Waals surface area contributed by atoms with E-state index < -0.39 is 0 Å². The fourth-order valence-corrected chi connectivity index (χ4v) is 0.873. The third-order valence-corrected chi connectivity index (χ3v) is 4.47. The fraction of sp³-hybridized carbons (Fsp3) is 0.500. The molecule has 0 aromatic heterocycles. The van der Waals surface area contributed by atoms with Gasteiger partial charge in [-0.3, -0.25) is 0 Å². The molecule has 0 fully saturated rings. The molecule has 11 heavy (non-hydrogen) atoms. The zero-order valence-electron chi connectivity index (χ0n) is 5.86. The number of rotatable bonds is 3. The molecule has 2 nitrogen and oxygen atoms in total. The smallest absolute Gasteiger partial charge is 0.345 e. The molecular formula is C6H7BrI2O2. The summed E-state index contributed by atoms with van der Waals surface area (Å²) < 4.78 is 6.26.